The van der Waals surface area contributed by atoms with E-state index in [2.05, 4.69) is 71.7 Å². The Hall–Kier alpha value is -1.80. The summed E-state index contributed by atoms with van der Waals surface area (Å²) in [4.78, 5) is 2.50. The van der Waals surface area contributed by atoms with Crippen molar-refractivity contribution in [2.75, 3.05) is 24.5 Å². The highest BCUT2D eigenvalue weighted by Gasteiger charge is 2.23. The summed E-state index contributed by atoms with van der Waals surface area (Å²) >= 11 is 0. The third-order valence-corrected chi connectivity index (χ3v) is 3.79. The van der Waals surface area contributed by atoms with E-state index in [1.165, 1.54) is 16.8 Å². The molecule has 1 fully saturated rings. The molecule has 1 atom stereocenters. The van der Waals surface area contributed by atoms with Crippen molar-refractivity contribution < 1.29 is 0 Å². The van der Waals surface area contributed by atoms with Gasteiger partial charge in [0.05, 0.1) is 6.04 Å². The molecule has 0 radical (unpaired) electrons. The van der Waals surface area contributed by atoms with E-state index in [0.717, 1.165) is 19.6 Å². The molecule has 1 heterocycles. The van der Waals surface area contributed by atoms with E-state index in [0.29, 0.717) is 6.04 Å². The molecule has 2 nitrogen and oxygen atoms in total. The fourth-order valence-corrected chi connectivity index (χ4v) is 2.72. The van der Waals surface area contributed by atoms with E-state index in [9.17, 15) is 0 Å². The molecule has 0 aliphatic carbocycles. The topological polar surface area (TPSA) is 15.3 Å². The van der Waals surface area contributed by atoms with Gasteiger partial charge in [0.25, 0.3) is 0 Å². The Kier molecular flexibility index (Phi) is 3.51. The number of benzene rings is 2. The van der Waals surface area contributed by atoms with Crippen LogP contribution in [0.1, 0.15) is 17.2 Å². The molecule has 1 saturated heterocycles. The van der Waals surface area contributed by atoms with Gasteiger partial charge in [0.2, 0.25) is 0 Å². The van der Waals surface area contributed by atoms with E-state index in [4.69, 9.17) is 0 Å². The summed E-state index contributed by atoms with van der Waals surface area (Å²) in [6.45, 7) is 5.26. The second-order valence-electron chi connectivity index (χ2n) is 5.16. The number of rotatable bonds is 2. The first-order valence-corrected chi connectivity index (χ1v) is 6.93. The number of nitrogens with one attached hydrogen (secondary N) is 1. The molecule has 1 unspecified atom stereocenters. The van der Waals surface area contributed by atoms with E-state index >= 15 is 0 Å². The lowest BCUT2D eigenvalue weighted by Crippen LogP contribution is -2.46. The minimum atomic E-state index is 0.428. The number of nitrogens with zero attached hydrogens (tertiary/aromatic N) is 1. The number of para-hydroxylation sites is 1. The van der Waals surface area contributed by atoms with Crippen LogP contribution in [0.5, 0.6) is 0 Å². The molecule has 0 saturated carbocycles. The molecular formula is C17H20N2. The molecule has 0 aromatic heterocycles. The average Bonchev–Trinajstić information content (AvgIpc) is 2.49. The smallest absolute Gasteiger partial charge is 0.0667 e. The second-order valence-corrected chi connectivity index (χ2v) is 5.16. The maximum absolute atomic E-state index is 3.51. The molecule has 1 N–H and O–H groups in total. The van der Waals surface area contributed by atoms with Crippen LogP contribution in [0.15, 0.2) is 54.6 Å². The zero-order valence-corrected chi connectivity index (χ0v) is 11.3. The highest BCUT2D eigenvalue weighted by molar-refractivity contribution is 5.49. The molecule has 2 aromatic rings. The molecule has 0 bridgehead atoms. The first kappa shape index (κ1) is 12.2. The monoisotopic (exact) mass is 252 g/mol. The Morgan fingerprint density at radius 1 is 1.00 bits per heavy atom. The largest absolute Gasteiger partial charge is 0.362 e. The first-order chi connectivity index (χ1) is 9.34. The van der Waals surface area contributed by atoms with Gasteiger partial charge in [-0.2, -0.15) is 0 Å². The van der Waals surface area contributed by atoms with E-state index in [1.807, 2.05) is 0 Å². The SMILES string of the molecule is Cc1ccc(C2CNCCN2c2ccccc2)cc1. The molecule has 19 heavy (non-hydrogen) atoms. The highest BCUT2D eigenvalue weighted by atomic mass is 15.2. The quantitative estimate of drug-likeness (QED) is 0.883. The van der Waals surface area contributed by atoms with Crippen LogP contribution in [-0.2, 0) is 0 Å². The van der Waals surface area contributed by atoms with Crippen LogP contribution in [0.2, 0.25) is 0 Å². The summed E-state index contributed by atoms with van der Waals surface area (Å²) in [5.41, 5.74) is 4.02. The van der Waals surface area contributed by atoms with Crippen molar-refractivity contribution in [3.05, 3.63) is 65.7 Å². The fourth-order valence-electron chi connectivity index (χ4n) is 2.72. The lowest BCUT2D eigenvalue weighted by molar-refractivity contribution is 0.490. The van der Waals surface area contributed by atoms with Gasteiger partial charge >= 0.3 is 0 Å². The molecular weight excluding hydrogens is 232 g/mol. The molecule has 1 aliphatic rings. The molecule has 98 valence electrons. The van der Waals surface area contributed by atoms with Crippen molar-refractivity contribution >= 4 is 5.69 Å². The molecule has 3 rings (SSSR count). The Morgan fingerprint density at radius 3 is 2.47 bits per heavy atom. The maximum Gasteiger partial charge on any atom is 0.0667 e. The summed E-state index contributed by atoms with van der Waals surface area (Å²) < 4.78 is 0. The molecule has 0 amide bonds. The van der Waals surface area contributed by atoms with Crippen molar-refractivity contribution in [3.63, 3.8) is 0 Å². The maximum atomic E-state index is 3.51. The van der Waals surface area contributed by atoms with Crippen LogP contribution in [-0.4, -0.2) is 19.6 Å². The van der Waals surface area contributed by atoms with Crippen molar-refractivity contribution in [1.82, 2.24) is 5.32 Å². The van der Waals surface area contributed by atoms with Gasteiger partial charge in [0, 0.05) is 25.3 Å². The number of piperazine rings is 1. The Balaban J connectivity index is 1.91. The van der Waals surface area contributed by atoms with E-state index < -0.39 is 0 Å². The number of aryl methyl sites for hydroxylation is 1. The Morgan fingerprint density at radius 2 is 1.74 bits per heavy atom. The second kappa shape index (κ2) is 5.45. The van der Waals surface area contributed by atoms with Gasteiger partial charge in [-0.1, -0.05) is 48.0 Å². The summed E-state index contributed by atoms with van der Waals surface area (Å²) in [6, 6.07) is 20.0. The summed E-state index contributed by atoms with van der Waals surface area (Å²) in [5.74, 6) is 0. The predicted molar refractivity (Wildman–Crippen MR) is 80.6 cm³/mol. The first-order valence-electron chi connectivity index (χ1n) is 6.93. The summed E-state index contributed by atoms with van der Waals surface area (Å²) in [6.07, 6.45) is 0. The number of hydrogen-bond acceptors (Lipinski definition) is 2. The fraction of sp³-hybridized carbons (Fsp3) is 0.294. The van der Waals surface area contributed by atoms with Gasteiger partial charge in [0.15, 0.2) is 0 Å². The molecule has 1 aliphatic heterocycles. The van der Waals surface area contributed by atoms with Crippen LogP contribution < -0.4 is 10.2 Å². The van der Waals surface area contributed by atoms with Crippen LogP contribution in [0, 0.1) is 6.92 Å². The molecule has 2 aromatic carbocycles. The lowest BCUT2D eigenvalue weighted by atomic mass is 10.0. The zero-order chi connectivity index (χ0) is 13.1. The lowest BCUT2D eigenvalue weighted by Gasteiger charge is -2.38. The molecule has 2 heteroatoms. The highest BCUT2D eigenvalue weighted by Crippen LogP contribution is 2.28. The number of hydrogen-bond donors (Lipinski definition) is 1. The third-order valence-electron chi connectivity index (χ3n) is 3.79. The van der Waals surface area contributed by atoms with E-state index in [-0.39, 0.29) is 0 Å². The standard InChI is InChI=1S/C17H20N2/c1-14-7-9-15(10-8-14)17-13-18-11-12-19(17)16-5-3-2-4-6-16/h2-10,17-18H,11-13H2,1H3. The minimum absolute atomic E-state index is 0.428. The predicted octanol–water partition coefficient (Wildman–Crippen LogP) is 3.15. The van der Waals surface area contributed by atoms with Crippen molar-refractivity contribution in [2.24, 2.45) is 0 Å². The van der Waals surface area contributed by atoms with Crippen molar-refractivity contribution in [3.8, 4) is 0 Å². The van der Waals surface area contributed by atoms with Crippen molar-refractivity contribution in [2.45, 2.75) is 13.0 Å². The Bertz CT molecular complexity index is 519. The van der Waals surface area contributed by atoms with Crippen molar-refractivity contribution in [1.29, 1.82) is 0 Å². The van der Waals surface area contributed by atoms with Gasteiger partial charge < -0.3 is 10.2 Å². The van der Waals surface area contributed by atoms with Crippen LogP contribution in [0.4, 0.5) is 5.69 Å². The third kappa shape index (κ3) is 2.64. The Labute approximate surface area is 115 Å². The van der Waals surface area contributed by atoms with Gasteiger partial charge in [-0.3, -0.25) is 0 Å². The normalized spacial score (nSPS) is 19.4. The summed E-state index contributed by atoms with van der Waals surface area (Å²) in [7, 11) is 0. The van der Waals surface area contributed by atoms with Gasteiger partial charge in [-0.15, -0.1) is 0 Å². The van der Waals surface area contributed by atoms with Gasteiger partial charge in [0.1, 0.15) is 0 Å². The average molecular weight is 252 g/mol. The van der Waals surface area contributed by atoms with E-state index in [1.54, 1.807) is 0 Å². The van der Waals surface area contributed by atoms with Gasteiger partial charge in [-0.25, -0.2) is 0 Å². The van der Waals surface area contributed by atoms with Crippen LogP contribution in [0.25, 0.3) is 0 Å². The molecule has 0 spiro atoms. The minimum Gasteiger partial charge on any atom is -0.362 e. The number of anilines is 1. The van der Waals surface area contributed by atoms with Crippen LogP contribution in [0.3, 0.4) is 0 Å². The van der Waals surface area contributed by atoms with Gasteiger partial charge in [-0.05, 0) is 24.6 Å². The zero-order valence-electron chi connectivity index (χ0n) is 11.3. The summed E-state index contributed by atoms with van der Waals surface area (Å²) in [5, 5.41) is 3.51. The van der Waals surface area contributed by atoms with Crippen LogP contribution >= 0.6 is 0 Å².